The second-order valence-electron chi connectivity index (χ2n) is 8.18. The number of nitrogens with one attached hydrogen (secondary N) is 2. The normalized spacial score (nSPS) is 15.0. The quantitative estimate of drug-likeness (QED) is 0.517. The number of ether oxygens (including phenoxy) is 1. The summed E-state index contributed by atoms with van der Waals surface area (Å²) in [6.07, 6.45) is 0.143. The number of carbonyl (C=O) groups is 3. The lowest BCUT2D eigenvalue weighted by Gasteiger charge is -2.26. The third-order valence-electron chi connectivity index (χ3n) is 5.83. The summed E-state index contributed by atoms with van der Waals surface area (Å²) in [5.74, 6) is -0.851. The second kappa shape index (κ2) is 10.8. The molecule has 9 heteroatoms. The van der Waals surface area contributed by atoms with Crippen LogP contribution in [0.4, 0.5) is 4.79 Å². The number of aliphatic hydroxyl groups is 1. The Morgan fingerprint density at radius 3 is 2.44 bits per heavy atom. The average molecular weight is 465 g/mol. The number of amides is 3. The van der Waals surface area contributed by atoms with E-state index >= 15 is 0 Å². The summed E-state index contributed by atoms with van der Waals surface area (Å²) < 4.78 is 5.40. The van der Waals surface area contributed by atoms with E-state index in [1.54, 1.807) is 15.9 Å². The molecule has 4 rings (SSSR count). The smallest absolute Gasteiger partial charge is 0.410 e. The van der Waals surface area contributed by atoms with Gasteiger partial charge in [-0.05, 0) is 24.1 Å². The fourth-order valence-corrected chi connectivity index (χ4v) is 3.97. The van der Waals surface area contributed by atoms with Crippen molar-refractivity contribution < 1.29 is 24.2 Å². The van der Waals surface area contributed by atoms with Gasteiger partial charge in [-0.2, -0.15) is 0 Å². The van der Waals surface area contributed by atoms with E-state index in [9.17, 15) is 19.5 Å². The van der Waals surface area contributed by atoms with Crippen LogP contribution >= 0.6 is 0 Å². The number of hydrogen-bond donors (Lipinski definition) is 3. The second-order valence-corrected chi connectivity index (χ2v) is 8.18. The fraction of sp³-hybridized carbons (Fsp3) is 0.320. The van der Waals surface area contributed by atoms with Gasteiger partial charge in [0.25, 0.3) is 5.91 Å². The van der Waals surface area contributed by atoms with Gasteiger partial charge >= 0.3 is 6.09 Å². The van der Waals surface area contributed by atoms with Crippen LogP contribution in [-0.4, -0.2) is 76.6 Å². The van der Waals surface area contributed by atoms with Gasteiger partial charge in [0, 0.05) is 37.1 Å². The number of H-pyrrole nitrogens is 1. The van der Waals surface area contributed by atoms with Gasteiger partial charge in [-0.3, -0.25) is 9.59 Å². The largest absolute Gasteiger partial charge is 0.445 e. The van der Waals surface area contributed by atoms with Crippen LogP contribution < -0.4 is 5.32 Å². The van der Waals surface area contributed by atoms with E-state index in [2.05, 4.69) is 10.3 Å². The van der Waals surface area contributed by atoms with Crippen LogP contribution in [0.2, 0.25) is 0 Å². The molecule has 0 spiro atoms. The molecule has 178 valence electrons. The zero-order chi connectivity index (χ0) is 23.9. The van der Waals surface area contributed by atoms with Gasteiger partial charge in [-0.25, -0.2) is 4.79 Å². The molecule has 0 unspecified atom stereocenters. The van der Waals surface area contributed by atoms with Crippen molar-refractivity contribution >= 4 is 28.8 Å². The maximum absolute atomic E-state index is 13.0. The van der Waals surface area contributed by atoms with Crippen molar-refractivity contribution in [1.82, 2.24) is 20.1 Å². The first-order valence-corrected chi connectivity index (χ1v) is 11.3. The monoisotopic (exact) mass is 464 g/mol. The summed E-state index contributed by atoms with van der Waals surface area (Å²) in [7, 11) is 0. The van der Waals surface area contributed by atoms with Crippen molar-refractivity contribution in [3.8, 4) is 0 Å². The summed E-state index contributed by atoms with van der Waals surface area (Å²) in [6, 6.07) is 17.5. The third kappa shape index (κ3) is 5.55. The van der Waals surface area contributed by atoms with Gasteiger partial charge in [0.1, 0.15) is 18.3 Å². The Morgan fingerprint density at radius 2 is 1.68 bits per heavy atom. The zero-order valence-corrected chi connectivity index (χ0v) is 18.8. The molecular formula is C25H28N4O5. The number of aliphatic hydroxyl groups excluding tert-OH is 1. The molecule has 2 aromatic carbocycles. The van der Waals surface area contributed by atoms with Crippen LogP contribution in [0.15, 0.2) is 60.7 Å². The van der Waals surface area contributed by atoms with E-state index < -0.39 is 24.6 Å². The summed E-state index contributed by atoms with van der Waals surface area (Å²) in [5.41, 5.74) is 2.03. The van der Waals surface area contributed by atoms with Crippen LogP contribution in [0, 0.1) is 0 Å². The van der Waals surface area contributed by atoms with Crippen LogP contribution in [-0.2, 0) is 16.1 Å². The molecule has 3 aromatic rings. The van der Waals surface area contributed by atoms with Crippen LogP contribution in [0.25, 0.3) is 10.9 Å². The Bertz CT molecular complexity index is 1110. The van der Waals surface area contributed by atoms with Crippen molar-refractivity contribution in [2.24, 2.45) is 0 Å². The lowest BCUT2D eigenvalue weighted by Crippen LogP contribution is -2.51. The van der Waals surface area contributed by atoms with Crippen molar-refractivity contribution in [3.63, 3.8) is 0 Å². The van der Waals surface area contributed by atoms with Crippen LogP contribution in [0.3, 0.4) is 0 Å². The molecule has 1 aliphatic rings. The molecule has 0 bridgehead atoms. The van der Waals surface area contributed by atoms with Gasteiger partial charge in [0.05, 0.1) is 6.61 Å². The number of nitrogens with zero attached hydrogens (tertiary/aromatic N) is 2. The highest BCUT2D eigenvalue weighted by Crippen LogP contribution is 2.15. The first-order valence-electron chi connectivity index (χ1n) is 11.3. The van der Waals surface area contributed by atoms with Crippen molar-refractivity contribution in [2.45, 2.75) is 19.1 Å². The molecule has 1 aromatic heterocycles. The minimum Gasteiger partial charge on any atom is -0.445 e. The van der Waals surface area contributed by atoms with Gasteiger partial charge < -0.3 is 29.9 Å². The number of carbonyl (C=O) groups excluding carboxylic acids is 3. The molecule has 3 amide bonds. The summed E-state index contributed by atoms with van der Waals surface area (Å²) >= 11 is 0. The van der Waals surface area contributed by atoms with E-state index in [4.69, 9.17) is 4.74 Å². The topological polar surface area (TPSA) is 115 Å². The highest BCUT2D eigenvalue weighted by atomic mass is 16.6. The summed E-state index contributed by atoms with van der Waals surface area (Å²) in [4.78, 5) is 44.3. The maximum Gasteiger partial charge on any atom is 0.410 e. The molecule has 34 heavy (non-hydrogen) atoms. The number of benzene rings is 2. The number of aromatic amines is 1. The van der Waals surface area contributed by atoms with Crippen LogP contribution in [0.1, 0.15) is 22.5 Å². The molecule has 1 atom stereocenters. The van der Waals surface area contributed by atoms with Crippen molar-refractivity contribution in [3.05, 3.63) is 71.9 Å². The van der Waals surface area contributed by atoms with Gasteiger partial charge in [0.2, 0.25) is 5.91 Å². The Labute approximate surface area is 197 Å². The molecule has 0 aliphatic carbocycles. The number of aromatic nitrogens is 1. The lowest BCUT2D eigenvalue weighted by molar-refractivity contribution is -0.134. The molecule has 2 heterocycles. The van der Waals surface area contributed by atoms with Gasteiger partial charge in [-0.1, -0.05) is 48.5 Å². The van der Waals surface area contributed by atoms with E-state index in [0.717, 1.165) is 16.5 Å². The van der Waals surface area contributed by atoms with E-state index in [-0.39, 0.29) is 19.1 Å². The number of rotatable bonds is 6. The van der Waals surface area contributed by atoms with Crippen molar-refractivity contribution in [2.75, 3.05) is 32.8 Å². The number of hydrogen-bond acceptors (Lipinski definition) is 5. The minimum absolute atomic E-state index is 0.186. The first kappa shape index (κ1) is 23.3. The number of fused-ring (bicyclic) bond motifs is 1. The van der Waals surface area contributed by atoms with Gasteiger partial charge in [-0.15, -0.1) is 0 Å². The standard InChI is InChI=1S/C25H28N4O5/c30-16-22(27-23(31)21-15-19-9-4-5-10-20(19)26-21)24(32)28-11-6-12-29(14-13-28)25(33)34-17-18-7-2-1-3-8-18/h1-5,7-10,15,22,26,30H,6,11-14,16-17H2,(H,27,31)/t22-/m0/s1. The Balaban J connectivity index is 1.31. The third-order valence-corrected chi connectivity index (χ3v) is 5.83. The van der Waals surface area contributed by atoms with E-state index in [1.807, 2.05) is 54.6 Å². The molecule has 1 fully saturated rings. The molecule has 1 saturated heterocycles. The fourth-order valence-electron chi connectivity index (χ4n) is 3.97. The number of para-hydroxylation sites is 1. The molecule has 0 saturated carbocycles. The van der Waals surface area contributed by atoms with Crippen LogP contribution in [0.5, 0.6) is 0 Å². The molecule has 3 N–H and O–H groups in total. The average Bonchev–Trinajstić information content (AvgIpc) is 3.16. The predicted molar refractivity (Wildman–Crippen MR) is 126 cm³/mol. The molecule has 1 aliphatic heterocycles. The Morgan fingerprint density at radius 1 is 0.971 bits per heavy atom. The predicted octanol–water partition coefficient (Wildman–Crippen LogP) is 2.13. The Kier molecular flexibility index (Phi) is 7.44. The molecular weight excluding hydrogens is 436 g/mol. The minimum atomic E-state index is -1.07. The van der Waals surface area contributed by atoms with Gasteiger partial charge in [0.15, 0.2) is 0 Å². The molecule has 0 radical (unpaired) electrons. The first-order chi connectivity index (χ1) is 16.5. The lowest BCUT2D eigenvalue weighted by atomic mass is 10.2. The highest BCUT2D eigenvalue weighted by molar-refractivity contribution is 6.00. The molecule has 9 nitrogen and oxygen atoms in total. The summed E-state index contributed by atoms with van der Waals surface area (Å²) in [6.45, 7) is 1.14. The van der Waals surface area contributed by atoms with E-state index in [0.29, 0.717) is 31.7 Å². The highest BCUT2D eigenvalue weighted by Gasteiger charge is 2.29. The zero-order valence-electron chi connectivity index (χ0n) is 18.8. The SMILES string of the molecule is O=C(N[C@@H](CO)C(=O)N1CCCN(C(=O)OCc2ccccc2)CC1)c1cc2ccccc2[nH]1. The van der Waals surface area contributed by atoms with E-state index in [1.165, 1.54) is 0 Å². The Hall–Kier alpha value is -3.85. The maximum atomic E-state index is 13.0. The van der Waals surface area contributed by atoms with Crippen molar-refractivity contribution in [1.29, 1.82) is 0 Å². The summed E-state index contributed by atoms with van der Waals surface area (Å²) in [5, 5.41) is 13.3.